The lowest BCUT2D eigenvalue weighted by molar-refractivity contribution is -0.347. The van der Waals surface area contributed by atoms with Crippen LogP contribution in [0, 0.1) is 16.7 Å². The normalized spacial score (nSPS) is 37.9. The SMILES string of the molecule is CC[Si](CC)(CC)O[C@H]1C[C@H]2OC[C@@]2(OC(C)=O)[C@H]2[C@H](OC(=O)c3ccccc3)[C@]3(O)[C@H](O)C(=O)C(C)=C([C@@H](O)C(=O)[C@]12C)C3(C)C. The maximum Gasteiger partial charge on any atom is 0.338 e. The Hall–Kier alpha value is -2.74. The number of aliphatic hydroxyl groups is 3. The fourth-order valence-electron chi connectivity index (χ4n) is 9.07. The topological polar surface area (TPSA) is 166 Å². The van der Waals surface area contributed by atoms with E-state index >= 15 is 4.79 Å². The average Bonchev–Trinajstić information content (AvgIpc) is 3.04. The molecular weight excluding hydrogens is 624 g/mol. The Kier molecular flexibility index (Phi) is 9.07. The number of hydrogen-bond donors (Lipinski definition) is 3. The molecule has 0 unspecified atom stereocenters. The van der Waals surface area contributed by atoms with Gasteiger partial charge in [0.1, 0.15) is 30.0 Å². The summed E-state index contributed by atoms with van der Waals surface area (Å²) in [5.41, 5.74) is -7.75. The number of carbonyl (C=O) groups excluding carboxylic acids is 4. The summed E-state index contributed by atoms with van der Waals surface area (Å²) < 4.78 is 25.4. The number of aliphatic hydroxyl groups excluding tert-OH is 2. The van der Waals surface area contributed by atoms with Gasteiger partial charge in [0.25, 0.3) is 0 Å². The van der Waals surface area contributed by atoms with Crippen LogP contribution in [0.25, 0.3) is 0 Å². The molecule has 11 nitrogen and oxygen atoms in total. The first-order valence-electron chi connectivity index (χ1n) is 16.6. The van der Waals surface area contributed by atoms with E-state index in [-0.39, 0.29) is 29.7 Å². The minimum atomic E-state index is -2.61. The number of esters is 2. The van der Waals surface area contributed by atoms with E-state index in [0.29, 0.717) is 0 Å². The van der Waals surface area contributed by atoms with E-state index in [1.54, 1.807) is 25.1 Å². The molecule has 1 aliphatic heterocycles. The van der Waals surface area contributed by atoms with E-state index in [0.717, 1.165) is 18.1 Å². The molecule has 3 N–H and O–H groups in total. The highest BCUT2D eigenvalue weighted by Gasteiger charge is 2.79. The van der Waals surface area contributed by atoms with Crippen molar-refractivity contribution < 1.29 is 53.1 Å². The van der Waals surface area contributed by atoms with Crippen LogP contribution in [0.2, 0.25) is 18.1 Å². The van der Waals surface area contributed by atoms with Crippen molar-refractivity contribution in [1.82, 2.24) is 0 Å². The van der Waals surface area contributed by atoms with E-state index in [2.05, 4.69) is 0 Å². The first kappa shape index (κ1) is 35.6. The third-order valence-corrected chi connectivity index (χ3v) is 16.8. The van der Waals surface area contributed by atoms with Gasteiger partial charge in [0.15, 0.2) is 25.5 Å². The van der Waals surface area contributed by atoms with E-state index in [9.17, 15) is 29.7 Å². The molecule has 1 saturated heterocycles. The van der Waals surface area contributed by atoms with Crippen LogP contribution >= 0.6 is 0 Å². The van der Waals surface area contributed by atoms with Gasteiger partial charge in [-0.25, -0.2) is 4.79 Å². The highest BCUT2D eigenvalue weighted by molar-refractivity contribution is 6.73. The third kappa shape index (κ3) is 4.85. The van der Waals surface area contributed by atoms with Gasteiger partial charge in [-0.1, -0.05) is 52.8 Å². The summed E-state index contributed by atoms with van der Waals surface area (Å²) in [6.45, 7) is 13.1. The Bertz CT molecular complexity index is 1480. The van der Waals surface area contributed by atoms with Crippen LogP contribution in [0.5, 0.6) is 0 Å². The number of rotatable bonds is 8. The van der Waals surface area contributed by atoms with Gasteiger partial charge in [-0.3, -0.25) is 14.4 Å². The highest BCUT2D eigenvalue weighted by atomic mass is 28.4. The molecule has 1 aromatic carbocycles. The minimum absolute atomic E-state index is 0.0598. The minimum Gasteiger partial charge on any atom is -0.455 e. The van der Waals surface area contributed by atoms with Crippen LogP contribution in [0.3, 0.4) is 0 Å². The van der Waals surface area contributed by atoms with Crippen LogP contribution in [-0.4, -0.2) is 95.5 Å². The molecule has 0 spiro atoms. The predicted molar refractivity (Wildman–Crippen MR) is 172 cm³/mol. The second-order valence-electron chi connectivity index (χ2n) is 14.4. The fourth-order valence-corrected chi connectivity index (χ4v) is 12.0. The molecule has 3 fully saturated rings. The van der Waals surface area contributed by atoms with Gasteiger partial charge >= 0.3 is 11.9 Å². The van der Waals surface area contributed by atoms with Gasteiger partial charge in [0.05, 0.1) is 29.6 Å². The predicted octanol–water partition coefficient (Wildman–Crippen LogP) is 3.29. The molecule has 12 heteroatoms. The quantitative estimate of drug-likeness (QED) is 0.274. The Labute approximate surface area is 276 Å². The average molecular weight is 673 g/mol. The molecule has 258 valence electrons. The van der Waals surface area contributed by atoms with Crippen LogP contribution in [0.1, 0.15) is 72.2 Å². The monoisotopic (exact) mass is 672 g/mol. The molecule has 4 aliphatic rings. The van der Waals surface area contributed by atoms with Crippen molar-refractivity contribution in [1.29, 1.82) is 0 Å². The van der Waals surface area contributed by atoms with E-state index in [1.807, 2.05) is 20.8 Å². The highest BCUT2D eigenvalue weighted by Crippen LogP contribution is 2.64. The Morgan fingerprint density at radius 1 is 1.02 bits per heavy atom. The lowest BCUT2D eigenvalue weighted by atomic mass is 9.44. The smallest absolute Gasteiger partial charge is 0.338 e. The van der Waals surface area contributed by atoms with Gasteiger partial charge in [-0.2, -0.15) is 0 Å². The number of ether oxygens (including phenoxy) is 3. The molecule has 3 aliphatic carbocycles. The number of benzene rings is 1. The van der Waals surface area contributed by atoms with Gasteiger partial charge in [-0.05, 0) is 55.3 Å². The molecule has 2 bridgehead atoms. The van der Waals surface area contributed by atoms with E-state index in [4.69, 9.17) is 18.6 Å². The molecule has 9 atom stereocenters. The molecule has 0 aromatic heterocycles. The first-order chi connectivity index (χ1) is 21.9. The third-order valence-electron chi connectivity index (χ3n) is 12.1. The van der Waals surface area contributed by atoms with E-state index < -0.39 is 90.3 Å². The summed E-state index contributed by atoms with van der Waals surface area (Å²) in [4.78, 5) is 55.7. The van der Waals surface area contributed by atoms with Crippen molar-refractivity contribution in [3.8, 4) is 0 Å². The van der Waals surface area contributed by atoms with Crippen molar-refractivity contribution in [2.75, 3.05) is 6.61 Å². The van der Waals surface area contributed by atoms with Crippen molar-refractivity contribution in [3.63, 3.8) is 0 Å². The fraction of sp³-hybridized carbons (Fsp3) is 0.657. The summed E-state index contributed by atoms with van der Waals surface area (Å²) in [7, 11) is -2.50. The van der Waals surface area contributed by atoms with Crippen LogP contribution < -0.4 is 0 Å². The van der Waals surface area contributed by atoms with E-state index in [1.165, 1.54) is 39.8 Å². The van der Waals surface area contributed by atoms with Crippen molar-refractivity contribution in [2.45, 2.75) is 122 Å². The molecule has 1 heterocycles. The molecule has 0 amide bonds. The lowest BCUT2D eigenvalue weighted by Crippen LogP contribution is -2.83. The number of ketones is 2. The maximum atomic E-state index is 15.1. The summed E-state index contributed by atoms with van der Waals surface area (Å²) in [6.07, 6.45) is -7.50. The summed E-state index contributed by atoms with van der Waals surface area (Å²) in [5, 5.41) is 36.9. The zero-order valence-corrected chi connectivity index (χ0v) is 29.5. The number of carbonyl (C=O) groups is 4. The number of Topliss-reactive ketones (excluding diaryl/α,β-unsaturated/α-hetero) is 2. The lowest BCUT2D eigenvalue weighted by Gasteiger charge is -2.68. The molecule has 5 rings (SSSR count). The number of fused-ring (bicyclic) bond motifs is 5. The molecule has 2 saturated carbocycles. The van der Waals surface area contributed by atoms with Crippen molar-refractivity contribution >= 4 is 31.8 Å². The van der Waals surface area contributed by atoms with Crippen LogP contribution in [0.15, 0.2) is 41.5 Å². The largest absolute Gasteiger partial charge is 0.455 e. The number of hydrogen-bond acceptors (Lipinski definition) is 11. The van der Waals surface area contributed by atoms with Crippen LogP contribution in [0.4, 0.5) is 0 Å². The second kappa shape index (κ2) is 12.0. The Morgan fingerprint density at radius 2 is 1.62 bits per heavy atom. The molecular formula is C35H48O11Si. The van der Waals surface area contributed by atoms with Crippen LogP contribution in [-0.2, 0) is 33.0 Å². The molecule has 47 heavy (non-hydrogen) atoms. The van der Waals surface area contributed by atoms with Gasteiger partial charge in [-0.15, -0.1) is 0 Å². The van der Waals surface area contributed by atoms with Gasteiger partial charge in [0.2, 0.25) is 0 Å². The Morgan fingerprint density at radius 3 is 2.13 bits per heavy atom. The summed E-state index contributed by atoms with van der Waals surface area (Å²) >= 11 is 0. The maximum absolute atomic E-state index is 15.1. The zero-order chi connectivity index (χ0) is 34.9. The molecule has 1 aromatic rings. The van der Waals surface area contributed by atoms with Gasteiger partial charge < -0.3 is 34.0 Å². The van der Waals surface area contributed by atoms with Crippen molar-refractivity contribution in [2.24, 2.45) is 16.7 Å². The summed E-state index contributed by atoms with van der Waals surface area (Å²) in [5.74, 6) is -4.65. The Balaban J connectivity index is 1.87. The standard InChI is InChI=1S/C35H48O11Si/c1-9-47(10-2,11-3)46-22-17-23-34(18-43-23,45-20(5)36)27-30(44-31(41)21-15-13-12-14-16-21)35(42)29(40)25(37)19(4)24(32(35,6)7)26(38)28(39)33(22,27)8/h12-16,22-23,26-27,29-30,38,40,42H,9-11,17-18H2,1-8H3/t22-,23+,26+,27-,29+,30-,33+,34-,35+/m0/s1. The second-order valence-corrected chi connectivity index (χ2v) is 19.1. The van der Waals surface area contributed by atoms with Gasteiger partial charge in [0, 0.05) is 18.8 Å². The zero-order valence-electron chi connectivity index (χ0n) is 28.5. The first-order valence-corrected chi connectivity index (χ1v) is 19.1. The molecule has 0 radical (unpaired) electrons. The van der Waals surface area contributed by atoms with Crippen molar-refractivity contribution in [3.05, 3.63) is 47.0 Å². The summed E-state index contributed by atoms with van der Waals surface area (Å²) in [6, 6.07) is 10.2.